The number of nitriles is 1. The smallest absolute Gasteiger partial charge is 0.243 e. The molecule has 120 valence electrons. The van der Waals surface area contributed by atoms with Crippen molar-refractivity contribution in [2.75, 3.05) is 14.2 Å². The fourth-order valence-corrected chi connectivity index (χ4v) is 3.63. The van der Waals surface area contributed by atoms with Gasteiger partial charge < -0.3 is 4.74 Å². The average Bonchev–Trinajstić information content (AvgIpc) is 2.55. The van der Waals surface area contributed by atoms with Gasteiger partial charge in [0.05, 0.1) is 23.6 Å². The minimum atomic E-state index is -3.65. The Morgan fingerprint density at radius 1 is 1.22 bits per heavy atom. The van der Waals surface area contributed by atoms with Crippen LogP contribution in [0.5, 0.6) is 5.75 Å². The largest absolute Gasteiger partial charge is 0.496 e. The number of sulfonamides is 1. The summed E-state index contributed by atoms with van der Waals surface area (Å²) in [6.07, 6.45) is 0. The highest BCUT2D eigenvalue weighted by molar-refractivity contribution is 9.10. The van der Waals surface area contributed by atoms with E-state index in [-0.39, 0.29) is 11.4 Å². The maximum Gasteiger partial charge on any atom is 0.243 e. The van der Waals surface area contributed by atoms with E-state index in [4.69, 9.17) is 10.00 Å². The second-order valence-electron chi connectivity index (χ2n) is 4.85. The van der Waals surface area contributed by atoms with Gasteiger partial charge in [-0.2, -0.15) is 9.57 Å². The van der Waals surface area contributed by atoms with Gasteiger partial charge in [0, 0.05) is 23.6 Å². The fourth-order valence-electron chi connectivity index (χ4n) is 2.08. The Balaban J connectivity index is 2.30. The summed E-state index contributed by atoms with van der Waals surface area (Å²) in [4.78, 5) is 0.146. The molecule has 0 saturated heterocycles. The van der Waals surface area contributed by atoms with E-state index < -0.39 is 10.0 Å². The fraction of sp³-hybridized carbons (Fsp3) is 0.188. The monoisotopic (exact) mass is 394 g/mol. The molecule has 2 aromatic rings. The van der Waals surface area contributed by atoms with Gasteiger partial charge in [0.2, 0.25) is 10.0 Å². The lowest BCUT2D eigenvalue weighted by molar-refractivity contribution is 0.398. The van der Waals surface area contributed by atoms with Crippen LogP contribution in [-0.4, -0.2) is 26.9 Å². The summed E-state index contributed by atoms with van der Waals surface area (Å²) in [6, 6.07) is 13.2. The van der Waals surface area contributed by atoms with Crippen molar-refractivity contribution in [3.05, 3.63) is 58.1 Å². The van der Waals surface area contributed by atoms with Crippen LogP contribution in [0.4, 0.5) is 0 Å². The van der Waals surface area contributed by atoms with Crippen LogP contribution in [-0.2, 0) is 16.6 Å². The van der Waals surface area contributed by atoms with E-state index in [1.165, 1.54) is 35.6 Å². The van der Waals surface area contributed by atoms with Crippen LogP contribution in [0.1, 0.15) is 11.1 Å². The number of hydrogen-bond acceptors (Lipinski definition) is 4. The van der Waals surface area contributed by atoms with Crippen molar-refractivity contribution < 1.29 is 13.2 Å². The molecule has 0 saturated carbocycles. The van der Waals surface area contributed by atoms with Gasteiger partial charge in [-0.1, -0.05) is 15.9 Å². The summed E-state index contributed by atoms with van der Waals surface area (Å²) in [7, 11) is -0.596. The van der Waals surface area contributed by atoms with E-state index in [1.807, 2.05) is 18.2 Å². The van der Waals surface area contributed by atoms with Gasteiger partial charge in [-0.05, 0) is 42.5 Å². The molecule has 0 radical (unpaired) electrons. The Hall–Kier alpha value is -1.88. The lowest BCUT2D eigenvalue weighted by Gasteiger charge is -2.19. The van der Waals surface area contributed by atoms with Gasteiger partial charge in [-0.25, -0.2) is 8.42 Å². The highest BCUT2D eigenvalue weighted by atomic mass is 79.9. The normalized spacial score (nSPS) is 11.3. The van der Waals surface area contributed by atoms with Crippen LogP contribution >= 0.6 is 15.9 Å². The molecule has 0 atom stereocenters. The standard InChI is InChI=1S/C16H15BrN2O3S/c1-19(11-13-9-14(17)5-8-16(13)22-2)23(20,21)15-6-3-12(10-18)4-7-15/h3-9H,11H2,1-2H3. The molecule has 23 heavy (non-hydrogen) atoms. The number of rotatable bonds is 5. The predicted octanol–water partition coefficient (Wildman–Crippen LogP) is 3.15. The highest BCUT2D eigenvalue weighted by Gasteiger charge is 2.22. The molecular weight excluding hydrogens is 380 g/mol. The van der Waals surface area contributed by atoms with Crippen LogP contribution in [0.25, 0.3) is 0 Å². The van der Waals surface area contributed by atoms with Gasteiger partial charge in [-0.3, -0.25) is 0 Å². The Morgan fingerprint density at radius 3 is 2.43 bits per heavy atom. The van der Waals surface area contributed by atoms with E-state index in [1.54, 1.807) is 13.2 Å². The van der Waals surface area contributed by atoms with E-state index in [0.29, 0.717) is 11.3 Å². The van der Waals surface area contributed by atoms with Crippen molar-refractivity contribution in [2.24, 2.45) is 0 Å². The van der Waals surface area contributed by atoms with Gasteiger partial charge >= 0.3 is 0 Å². The van der Waals surface area contributed by atoms with E-state index in [2.05, 4.69) is 15.9 Å². The molecule has 0 aliphatic carbocycles. The van der Waals surface area contributed by atoms with Crippen LogP contribution in [0.2, 0.25) is 0 Å². The molecule has 2 rings (SSSR count). The van der Waals surface area contributed by atoms with Gasteiger partial charge in [0.25, 0.3) is 0 Å². The number of nitrogens with zero attached hydrogens (tertiary/aromatic N) is 2. The molecule has 0 N–H and O–H groups in total. The molecule has 7 heteroatoms. The van der Waals surface area contributed by atoms with E-state index in [9.17, 15) is 8.42 Å². The molecule has 0 spiro atoms. The lowest BCUT2D eigenvalue weighted by atomic mass is 10.2. The van der Waals surface area contributed by atoms with Crippen LogP contribution in [0.3, 0.4) is 0 Å². The molecule has 0 fully saturated rings. The Morgan fingerprint density at radius 2 is 1.87 bits per heavy atom. The Bertz CT molecular complexity index is 843. The van der Waals surface area contributed by atoms with E-state index in [0.717, 1.165) is 10.0 Å². The molecule has 0 unspecified atom stereocenters. The number of hydrogen-bond donors (Lipinski definition) is 0. The van der Waals surface area contributed by atoms with Crippen molar-refractivity contribution in [2.45, 2.75) is 11.4 Å². The molecule has 0 aliphatic rings. The first-order valence-electron chi connectivity index (χ1n) is 6.67. The Labute approximate surface area is 144 Å². The van der Waals surface area contributed by atoms with Crippen molar-refractivity contribution in [1.82, 2.24) is 4.31 Å². The summed E-state index contributed by atoms with van der Waals surface area (Å²) in [5, 5.41) is 8.79. The number of benzene rings is 2. The second kappa shape index (κ2) is 7.13. The zero-order valence-corrected chi connectivity index (χ0v) is 15.1. The molecule has 0 heterocycles. The minimum absolute atomic E-state index is 0.146. The summed E-state index contributed by atoms with van der Waals surface area (Å²) < 4.78 is 32.6. The number of halogens is 1. The zero-order valence-electron chi connectivity index (χ0n) is 12.7. The summed E-state index contributed by atoms with van der Waals surface area (Å²) >= 11 is 3.37. The van der Waals surface area contributed by atoms with Crippen molar-refractivity contribution in [3.8, 4) is 11.8 Å². The van der Waals surface area contributed by atoms with Crippen LogP contribution in [0, 0.1) is 11.3 Å². The molecule has 0 aliphatic heterocycles. The first-order valence-corrected chi connectivity index (χ1v) is 8.90. The van der Waals surface area contributed by atoms with Crippen molar-refractivity contribution >= 4 is 26.0 Å². The van der Waals surface area contributed by atoms with Crippen LogP contribution < -0.4 is 4.74 Å². The van der Waals surface area contributed by atoms with Gasteiger partial charge in [0.1, 0.15) is 5.75 Å². The third-order valence-electron chi connectivity index (χ3n) is 3.33. The van der Waals surface area contributed by atoms with Crippen molar-refractivity contribution in [1.29, 1.82) is 5.26 Å². The quantitative estimate of drug-likeness (QED) is 0.780. The van der Waals surface area contributed by atoms with Gasteiger partial charge in [-0.15, -0.1) is 0 Å². The van der Waals surface area contributed by atoms with E-state index >= 15 is 0 Å². The summed E-state index contributed by atoms with van der Waals surface area (Å²) in [5.41, 5.74) is 1.17. The first kappa shape index (κ1) is 17.5. The molecule has 0 amide bonds. The third kappa shape index (κ3) is 3.91. The minimum Gasteiger partial charge on any atom is -0.496 e. The van der Waals surface area contributed by atoms with Gasteiger partial charge in [0.15, 0.2) is 0 Å². The molecule has 5 nitrogen and oxygen atoms in total. The first-order chi connectivity index (χ1) is 10.9. The second-order valence-corrected chi connectivity index (χ2v) is 7.81. The summed E-state index contributed by atoms with van der Waals surface area (Å²) in [6.45, 7) is 0.172. The van der Waals surface area contributed by atoms with Crippen LogP contribution in [0.15, 0.2) is 51.8 Å². The Kier molecular flexibility index (Phi) is 5.42. The lowest BCUT2D eigenvalue weighted by Crippen LogP contribution is -2.26. The molecular formula is C16H15BrN2O3S. The predicted molar refractivity (Wildman–Crippen MR) is 90.5 cm³/mol. The molecule has 0 aromatic heterocycles. The topological polar surface area (TPSA) is 70.4 Å². The SMILES string of the molecule is COc1ccc(Br)cc1CN(C)S(=O)(=O)c1ccc(C#N)cc1. The average molecular weight is 395 g/mol. The number of methoxy groups -OCH3 is 1. The zero-order chi connectivity index (χ0) is 17.0. The highest BCUT2D eigenvalue weighted by Crippen LogP contribution is 2.26. The van der Waals surface area contributed by atoms with Crippen molar-refractivity contribution in [3.63, 3.8) is 0 Å². The number of ether oxygens (including phenoxy) is 1. The maximum absolute atomic E-state index is 12.6. The summed E-state index contributed by atoms with van der Waals surface area (Å²) in [5.74, 6) is 0.620. The molecule has 2 aromatic carbocycles. The maximum atomic E-state index is 12.6. The third-order valence-corrected chi connectivity index (χ3v) is 5.64. The molecule has 0 bridgehead atoms.